The Morgan fingerprint density at radius 2 is 2.07 bits per heavy atom. The Morgan fingerprint density at radius 3 is 2.57 bits per heavy atom. The van der Waals surface area contributed by atoms with Gasteiger partial charge in [-0.3, -0.25) is 4.79 Å². The normalized spacial score (nSPS) is 12.6. The van der Waals surface area contributed by atoms with Crippen LogP contribution in [0.3, 0.4) is 0 Å². The minimum Gasteiger partial charge on any atom is -0.465 e. The third kappa shape index (κ3) is 5.70. The Labute approximate surface area is 84.8 Å². The molecular weight excluding hydrogens is 182 g/mol. The minimum atomic E-state index is -0.541. The van der Waals surface area contributed by atoms with Crippen molar-refractivity contribution in [1.82, 2.24) is 0 Å². The van der Waals surface area contributed by atoms with Crippen LogP contribution in [0.5, 0.6) is 0 Å². The van der Waals surface area contributed by atoms with Gasteiger partial charge >= 0.3 is 5.97 Å². The van der Waals surface area contributed by atoms with Crippen LogP contribution in [0.2, 0.25) is 0 Å². The Hall–Kier alpha value is -0.900. The van der Waals surface area contributed by atoms with E-state index in [-0.39, 0.29) is 11.9 Å². The molecular formula is C10H19NO3. The first-order valence-corrected chi connectivity index (χ1v) is 4.95. The summed E-state index contributed by atoms with van der Waals surface area (Å²) in [5, 5.41) is 0. The van der Waals surface area contributed by atoms with Crippen molar-refractivity contribution in [2.24, 2.45) is 11.7 Å². The second-order valence-electron chi connectivity index (χ2n) is 3.60. The molecule has 0 radical (unpaired) electrons. The average molecular weight is 201 g/mol. The van der Waals surface area contributed by atoms with Gasteiger partial charge in [0.25, 0.3) is 0 Å². The summed E-state index contributed by atoms with van der Waals surface area (Å²) in [4.78, 5) is 21.2. The van der Waals surface area contributed by atoms with Crippen LogP contribution in [0.25, 0.3) is 0 Å². The number of hydrogen-bond acceptors (Lipinski definition) is 4. The number of hydrogen-bond donors (Lipinski definition) is 1. The van der Waals surface area contributed by atoms with E-state index in [2.05, 4.69) is 0 Å². The van der Waals surface area contributed by atoms with Gasteiger partial charge in [0, 0.05) is 6.42 Å². The Morgan fingerprint density at radius 1 is 1.43 bits per heavy atom. The van der Waals surface area contributed by atoms with Gasteiger partial charge in [-0.1, -0.05) is 13.8 Å². The summed E-state index contributed by atoms with van der Waals surface area (Å²) in [6.45, 7) is 4.10. The monoisotopic (exact) mass is 201 g/mol. The van der Waals surface area contributed by atoms with Crippen LogP contribution < -0.4 is 5.73 Å². The highest BCUT2D eigenvalue weighted by atomic mass is 16.5. The van der Waals surface area contributed by atoms with Gasteiger partial charge in [-0.2, -0.15) is 0 Å². The van der Waals surface area contributed by atoms with Crippen LogP contribution in [0.1, 0.15) is 33.1 Å². The van der Waals surface area contributed by atoms with Gasteiger partial charge in [-0.05, 0) is 18.8 Å². The molecule has 0 amide bonds. The highest BCUT2D eigenvalue weighted by molar-refractivity contribution is 5.75. The number of rotatable bonds is 7. The number of aldehydes is 1. The van der Waals surface area contributed by atoms with Crippen LogP contribution in [0, 0.1) is 5.92 Å². The smallest absolute Gasteiger partial charge is 0.323 e. The van der Waals surface area contributed by atoms with E-state index in [0.29, 0.717) is 13.0 Å². The Balaban J connectivity index is 3.49. The molecule has 0 bridgehead atoms. The maximum absolute atomic E-state index is 11.2. The summed E-state index contributed by atoms with van der Waals surface area (Å²) in [6.07, 6.45) is 2.86. The molecule has 1 atom stereocenters. The third-order valence-corrected chi connectivity index (χ3v) is 1.95. The molecule has 82 valence electrons. The molecule has 0 saturated carbocycles. The second-order valence-corrected chi connectivity index (χ2v) is 3.60. The van der Waals surface area contributed by atoms with Gasteiger partial charge in [0.05, 0.1) is 6.61 Å². The van der Waals surface area contributed by atoms with Crippen molar-refractivity contribution in [3.05, 3.63) is 0 Å². The standard InChI is InChI=1S/C10H19NO3/c1-8(2)9(11)10(13)14-7-5-3-4-6-12/h6,8-9H,3-5,7,11H2,1-2H3/t9-/m0/s1. The summed E-state index contributed by atoms with van der Waals surface area (Å²) >= 11 is 0. The van der Waals surface area contributed by atoms with Crippen molar-refractivity contribution in [2.75, 3.05) is 6.61 Å². The lowest BCUT2D eigenvalue weighted by Gasteiger charge is -2.14. The molecule has 0 aliphatic carbocycles. The van der Waals surface area contributed by atoms with E-state index in [1.165, 1.54) is 0 Å². The topological polar surface area (TPSA) is 69.4 Å². The second kappa shape index (κ2) is 7.50. The summed E-state index contributed by atoms with van der Waals surface area (Å²) in [6, 6.07) is -0.541. The van der Waals surface area contributed by atoms with Gasteiger partial charge in [0.2, 0.25) is 0 Å². The van der Waals surface area contributed by atoms with Gasteiger partial charge < -0.3 is 15.3 Å². The van der Waals surface area contributed by atoms with Crippen molar-refractivity contribution in [3.63, 3.8) is 0 Å². The predicted octanol–water partition coefficient (Wildman–Crippen LogP) is 0.882. The molecule has 4 heteroatoms. The molecule has 0 aliphatic heterocycles. The number of ether oxygens (including phenoxy) is 1. The fraction of sp³-hybridized carbons (Fsp3) is 0.800. The van der Waals surface area contributed by atoms with E-state index in [1.54, 1.807) is 0 Å². The molecule has 0 aromatic heterocycles. The number of esters is 1. The average Bonchev–Trinajstić information content (AvgIpc) is 2.16. The van der Waals surface area contributed by atoms with Crippen LogP contribution >= 0.6 is 0 Å². The molecule has 14 heavy (non-hydrogen) atoms. The zero-order valence-electron chi connectivity index (χ0n) is 8.86. The van der Waals surface area contributed by atoms with Crippen LogP contribution in [0.15, 0.2) is 0 Å². The molecule has 0 aromatic rings. The highest BCUT2D eigenvalue weighted by Gasteiger charge is 2.18. The largest absolute Gasteiger partial charge is 0.465 e. The molecule has 0 unspecified atom stereocenters. The Kier molecular flexibility index (Phi) is 7.02. The SMILES string of the molecule is CC(C)[C@H](N)C(=O)OCCCCC=O. The third-order valence-electron chi connectivity index (χ3n) is 1.95. The van der Waals surface area contributed by atoms with E-state index in [0.717, 1.165) is 19.1 Å². The first-order valence-electron chi connectivity index (χ1n) is 4.95. The van der Waals surface area contributed by atoms with Crippen molar-refractivity contribution in [3.8, 4) is 0 Å². The van der Waals surface area contributed by atoms with E-state index in [1.807, 2.05) is 13.8 Å². The van der Waals surface area contributed by atoms with E-state index in [9.17, 15) is 9.59 Å². The molecule has 0 aromatic carbocycles. The zero-order chi connectivity index (χ0) is 11.0. The molecule has 0 rings (SSSR count). The van der Waals surface area contributed by atoms with Gasteiger partial charge in [0.1, 0.15) is 12.3 Å². The van der Waals surface area contributed by atoms with Crippen molar-refractivity contribution in [2.45, 2.75) is 39.2 Å². The fourth-order valence-corrected chi connectivity index (χ4v) is 0.871. The van der Waals surface area contributed by atoms with Crippen molar-refractivity contribution in [1.29, 1.82) is 0 Å². The quantitative estimate of drug-likeness (QED) is 0.377. The molecule has 0 heterocycles. The lowest BCUT2D eigenvalue weighted by atomic mass is 10.1. The maximum atomic E-state index is 11.2. The maximum Gasteiger partial charge on any atom is 0.323 e. The summed E-state index contributed by atoms with van der Waals surface area (Å²) in [7, 11) is 0. The predicted molar refractivity (Wildman–Crippen MR) is 53.7 cm³/mol. The van der Waals surface area contributed by atoms with Crippen LogP contribution in [0.4, 0.5) is 0 Å². The molecule has 0 aliphatic rings. The molecule has 2 N–H and O–H groups in total. The number of unbranched alkanes of at least 4 members (excludes halogenated alkanes) is 2. The van der Waals surface area contributed by atoms with Gasteiger partial charge in [-0.25, -0.2) is 0 Å². The molecule has 4 nitrogen and oxygen atoms in total. The van der Waals surface area contributed by atoms with Gasteiger partial charge in [0.15, 0.2) is 0 Å². The van der Waals surface area contributed by atoms with Crippen molar-refractivity contribution >= 4 is 12.3 Å². The van der Waals surface area contributed by atoms with E-state index in [4.69, 9.17) is 10.5 Å². The molecule has 0 fully saturated rings. The van der Waals surface area contributed by atoms with Gasteiger partial charge in [-0.15, -0.1) is 0 Å². The first kappa shape index (κ1) is 13.1. The summed E-state index contributed by atoms with van der Waals surface area (Å²) in [5.74, 6) is -0.261. The summed E-state index contributed by atoms with van der Waals surface area (Å²) < 4.78 is 4.93. The molecule has 0 saturated heterocycles. The minimum absolute atomic E-state index is 0.0949. The number of carbonyl (C=O) groups excluding carboxylic acids is 2. The first-order chi connectivity index (χ1) is 6.59. The van der Waals surface area contributed by atoms with E-state index < -0.39 is 6.04 Å². The fourth-order valence-electron chi connectivity index (χ4n) is 0.871. The Bertz CT molecular complexity index is 180. The molecule has 0 spiro atoms. The zero-order valence-corrected chi connectivity index (χ0v) is 8.86. The van der Waals surface area contributed by atoms with Crippen LogP contribution in [-0.2, 0) is 14.3 Å². The van der Waals surface area contributed by atoms with Crippen molar-refractivity contribution < 1.29 is 14.3 Å². The number of nitrogens with two attached hydrogens (primary N) is 1. The van der Waals surface area contributed by atoms with E-state index >= 15 is 0 Å². The summed E-state index contributed by atoms with van der Waals surface area (Å²) in [5.41, 5.74) is 5.57. The lowest BCUT2D eigenvalue weighted by Crippen LogP contribution is -2.37. The lowest BCUT2D eigenvalue weighted by molar-refractivity contribution is -0.146. The highest BCUT2D eigenvalue weighted by Crippen LogP contribution is 2.01. The van der Waals surface area contributed by atoms with Crippen LogP contribution in [-0.4, -0.2) is 24.9 Å². The number of carbonyl (C=O) groups is 2.